The molecule has 8 heteroatoms. The molecule has 1 aromatic heterocycles. The van der Waals surface area contributed by atoms with Gasteiger partial charge in [0.05, 0.1) is 11.3 Å². The summed E-state index contributed by atoms with van der Waals surface area (Å²) in [5.74, 6) is -0.0890. The molecular formula is C18H14F4N4. The van der Waals surface area contributed by atoms with E-state index in [1.807, 2.05) is 0 Å². The molecule has 2 aromatic carbocycles. The molecule has 0 unspecified atom stereocenters. The highest BCUT2D eigenvalue weighted by molar-refractivity contribution is 5.62. The zero-order valence-electron chi connectivity index (χ0n) is 13.6. The van der Waals surface area contributed by atoms with Crippen molar-refractivity contribution < 1.29 is 17.6 Å². The lowest BCUT2D eigenvalue weighted by Gasteiger charge is -2.14. The Balaban J connectivity index is 1.89. The minimum Gasteiger partial charge on any atom is -0.340 e. The van der Waals surface area contributed by atoms with Crippen molar-refractivity contribution in [1.29, 1.82) is 0 Å². The quantitative estimate of drug-likeness (QED) is 0.608. The average Bonchev–Trinajstić information content (AvgIpc) is 2.54. The van der Waals surface area contributed by atoms with Crippen molar-refractivity contribution >= 4 is 23.1 Å². The van der Waals surface area contributed by atoms with Gasteiger partial charge in [-0.05, 0) is 37.3 Å². The summed E-state index contributed by atoms with van der Waals surface area (Å²) in [6.07, 6.45) is -4.50. The van der Waals surface area contributed by atoms with Gasteiger partial charge in [0.15, 0.2) is 0 Å². The third-order valence-corrected chi connectivity index (χ3v) is 3.43. The molecule has 26 heavy (non-hydrogen) atoms. The summed E-state index contributed by atoms with van der Waals surface area (Å²) in [7, 11) is 0. The number of hydrogen-bond acceptors (Lipinski definition) is 4. The summed E-state index contributed by atoms with van der Waals surface area (Å²) in [5, 5.41) is 5.50. The molecule has 134 valence electrons. The third kappa shape index (κ3) is 4.27. The normalized spacial score (nSPS) is 11.3. The highest BCUT2D eigenvalue weighted by Crippen LogP contribution is 2.35. The Morgan fingerprint density at radius 2 is 1.65 bits per heavy atom. The highest BCUT2D eigenvalue weighted by Gasteiger charge is 2.33. The van der Waals surface area contributed by atoms with E-state index in [9.17, 15) is 17.6 Å². The van der Waals surface area contributed by atoms with Gasteiger partial charge in [-0.2, -0.15) is 18.2 Å². The van der Waals surface area contributed by atoms with Crippen LogP contribution in [0.1, 0.15) is 11.3 Å². The van der Waals surface area contributed by atoms with E-state index < -0.39 is 17.6 Å². The van der Waals surface area contributed by atoms with Gasteiger partial charge < -0.3 is 10.6 Å². The molecule has 0 atom stereocenters. The molecule has 0 radical (unpaired) electrons. The molecule has 0 aliphatic rings. The Morgan fingerprint density at radius 1 is 0.885 bits per heavy atom. The van der Waals surface area contributed by atoms with Crippen molar-refractivity contribution in [2.45, 2.75) is 13.1 Å². The number of aryl methyl sites for hydroxylation is 1. The fraction of sp³-hybridized carbons (Fsp3) is 0.111. The zero-order chi connectivity index (χ0) is 18.7. The Labute approximate surface area is 146 Å². The first-order valence-corrected chi connectivity index (χ1v) is 7.63. The van der Waals surface area contributed by atoms with Crippen molar-refractivity contribution in [2.75, 3.05) is 10.6 Å². The predicted octanol–water partition coefficient (Wildman–Crippen LogP) is 5.43. The van der Waals surface area contributed by atoms with Crippen LogP contribution in [0.15, 0.2) is 54.6 Å². The Morgan fingerprint density at radius 3 is 2.38 bits per heavy atom. The largest absolute Gasteiger partial charge is 0.418 e. The van der Waals surface area contributed by atoms with Gasteiger partial charge in [0, 0.05) is 17.4 Å². The van der Waals surface area contributed by atoms with Gasteiger partial charge in [0.2, 0.25) is 5.95 Å². The maximum atomic E-state index is 13.3. The van der Waals surface area contributed by atoms with Crippen LogP contribution in [0.3, 0.4) is 0 Å². The lowest BCUT2D eigenvalue weighted by molar-refractivity contribution is -0.136. The Hall–Kier alpha value is -3.16. The molecule has 0 spiro atoms. The summed E-state index contributed by atoms with van der Waals surface area (Å²) < 4.78 is 52.6. The summed E-state index contributed by atoms with van der Waals surface area (Å²) >= 11 is 0. The number of nitrogens with zero attached hydrogens (tertiary/aromatic N) is 2. The first-order chi connectivity index (χ1) is 12.3. The number of rotatable bonds is 4. The van der Waals surface area contributed by atoms with Crippen LogP contribution in [0.2, 0.25) is 0 Å². The fourth-order valence-corrected chi connectivity index (χ4v) is 2.36. The molecule has 0 bridgehead atoms. The number of hydrogen-bond donors (Lipinski definition) is 2. The van der Waals surface area contributed by atoms with Crippen molar-refractivity contribution in [1.82, 2.24) is 9.97 Å². The molecule has 3 aromatic rings. The summed E-state index contributed by atoms with van der Waals surface area (Å²) in [4.78, 5) is 8.26. The molecule has 0 saturated carbocycles. The first kappa shape index (κ1) is 17.7. The summed E-state index contributed by atoms with van der Waals surface area (Å²) in [5.41, 5.74) is 0.0303. The smallest absolute Gasteiger partial charge is 0.340 e. The molecular weight excluding hydrogens is 348 g/mol. The molecule has 2 N–H and O–H groups in total. The zero-order valence-corrected chi connectivity index (χ0v) is 13.6. The Bertz CT molecular complexity index is 925. The molecule has 1 heterocycles. The predicted molar refractivity (Wildman–Crippen MR) is 91.2 cm³/mol. The number of halogens is 4. The SMILES string of the molecule is Cc1cc(Nc2cccc(F)c2)nc(Nc2ccccc2C(F)(F)F)n1. The molecule has 3 rings (SSSR count). The lowest BCUT2D eigenvalue weighted by Crippen LogP contribution is -2.10. The lowest BCUT2D eigenvalue weighted by atomic mass is 10.1. The molecule has 0 amide bonds. The van der Waals surface area contributed by atoms with E-state index in [2.05, 4.69) is 20.6 Å². The number of para-hydroxylation sites is 1. The van der Waals surface area contributed by atoms with Crippen LogP contribution in [0.4, 0.5) is 40.7 Å². The van der Waals surface area contributed by atoms with E-state index >= 15 is 0 Å². The second-order valence-electron chi connectivity index (χ2n) is 5.52. The second-order valence-corrected chi connectivity index (χ2v) is 5.52. The van der Waals surface area contributed by atoms with E-state index in [0.29, 0.717) is 17.2 Å². The minimum atomic E-state index is -4.50. The number of alkyl halides is 3. The number of aromatic nitrogens is 2. The topological polar surface area (TPSA) is 49.8 Å². The Kier molecular flexibility index (Phi) is 4.75. The molecule has 0 aliphatic heterocycles. The molecule has 0 fully saturated rings. The standard InChI is InChI=1S/C18H14F4N4/c1-11-9-16(24-13-6-4-5-12(19)10-13)26-17(23-11)25-15-8-3-2-7-14(15)18(20,21)22/h2-10H,1H3,(H2,23,24,25,26). The number of benzene rings is 2. The summed E-state index contributed by atoms with van der Waals surface area (Å²) in [6.45, 7) is 1.68. The number of nitrogens with one attached hydrogen (secondary N) is 2. The van der Waals surface area contributed by atoms with Gasteiger partial charge in [-0.3, -0.25) is 0 Å². The fourth-order valence-electron chi connectivity index (χ4n) is 2.36. The van der Waals surface area contributed by atoms with Crippen LogP contribution in [0.25, 0.3) is 0 Å². The summed E-state index contributed by atoms with van der Waals surface area (Å²) in [6, 6.07) is 12.4. The molecule has 0 saturated heterocycles. The van der Waals surface area contributed by atoms with E-state index in [0.717, 1.165) is 6.07 Å². The van der Waals surface area contributed by atoms with Crippen molar-refractivity contribution in [3.8, 4) is 0 Å². The molecule has 4 nitrogen and oxygen atoms in total. The van der Waals surface area contributed by atoms with Gasteiger partial charge in [0.25, 0.3) is 0 Å². The van der Waals surface area contributed by atoms with Crippen molar-refractivity contribution in [3.63, 3.8) is 0 Å². The van der Waals surface area contributed by atoms with E-state index in [1.54, 1.807) is 19.1 Å². The van der Waals surface area contributed by atoms with Gasteiger partial charge in [0.1, 0.15) is 11.6 Å². The van der Waals surface area contributed by atoms with Gasteiger partial charge >= 0.3 is 6.18 Å². The third-order valence-electron chi connectivity index (χ3n) is 3.43. The van der Waals surface area contributed by atoms with Crippen LogP contribution in [0, 0.1) is 12.7 Å². The number of anilines is 4. The van der Waals surface area contributed by atoms with Gasteiger partial charge in [-0.1, -0.05) is 18.2 Å². The van der Waals surface area contributed by atoms with E-state index in [1.165, 1.54) is 36.4 Å². The monoisotopic (exact) mass is 362 g/mol. The first-order valence-electron chi connectivity index (χ1n) is 7.63. The van der Waals surface area contributed by atoms with Crippen LogP contribution >= 0.6 is 0 Å². The van der Waals surface area contributed by atoms with Crippen molar-refractivity contribution in [2.24, 2.45) is 0 Å². The van der Waals surface area contributed by atoms with E-state index in [-0.39, 0.29) is 11.6 Å². The second kappa shape index (κ2) is 6.99. The highest BCUT2D eigenvalue weighted by atomic mass is 19.4. The average molecular weight is 362 g/mol. The van der Waals surface area contributed by atoms with Crippen LogP contribution in [-0.4, -0.2) is 9.97 Å². The van der Waals surface area contributed by atoms with Crippen LogP contribution in [-0.2, 0) is 6.18 Å². The maximum Gasteiger partial charge on any atom is 0.418 e. The van der Waals surface area contributed by atoms with Crippen LogP contribution < -0.4 is 10.6 Å². The van der Waals surface area contributed by atoms with Gasteiger partial charge in [-0.25, -0.2) is 9.37 Å². The minimum absolute atomic E-state index is 0.000558. The van der Waals surface area contributed by atoms with Gasteiger partial charge in [-0.15, -0.1) is 0 Å². The van der Waals surface area contributed by atoms with Crippen LogP contribution in [0.5, 0.6) is 0 Å². The molecule has 0 aliphatic carbocycles. The maximum absolute atomic E-state index is 13.3. The van der Waals surface area contributed by atoms with E-state index in [4.69, 9.17) is 0 Å². The van der Waals surface area contributed by atoms with Crippen molar-refractivity contribution in [3.05, 3.63) is 71.7 Å².